The van der Waals surface area contributed by atoms with E-state index in [2.05, 4.69) is 0 Å². The fraction of sp³-hybridized carbons (Fsp3) is 0.800. The highest BCUT2D eigenvalue weighted by atomic mass is 32.2. The third-order valence-corrected chi connectivity index (χ3v) is 0.983. The van der Waals surface area contributed by atoms with Gasteiger partial charge in [-0.05, 0) is 6.42 Å². The monoisotopic (exact) mass is 134 g/mol. The van der Waals surface area contributed by atoms with Crippen molar-refractivity contribution in [3.63, 3.8) is 0 Å². The fourth-order valence-corrected chi connectivity index (χ4v) is 0.624. The van der Waals surface area contributed by atoms with E-state index in [1.165, 1.54) is 6.92 Å². The van der Waals surface area contributed by atoms with Crippen molar-refractivity contribution in [2.24, 2.45) is 0 Å². The smallest absolute Gasteiger partial charge is 0.212 e. The molecule has 0 unspecified atom stereocenters. The molecular weight excluding hydrogens is 124 g/mol. The summed E-state index contributed by atoms with van der Waals surface area (Å²) in [6, 6.07) is 0. The Balaban J connectivity index is 2.82. The van der Waals surface area contributed by atoms with Crippen LogP contribution in [-0.2, 0) is 8.98 Å². The summed E-state index contributed by atoms with van der Waals surface area (Å²) in [5.41, 5.74) is 0. The van der Waals surface area contributed by atoms with Crippen molar-refractivity contribution in [1.82, 2.24) is 0 Å². The highest BCUT2D eigenvalue weighted by Crippen LogP contribution is 2.02. The first-order valence-electron chi connectivity index (χ1n) is 2.57. The quantitative estimate of drug-likeness (QED) is 0.433. The van der Waals surface area contributed by atoms with Crippen molar-refractivity contribution in [2.75, 3.05) is 6.61 Å². The lowest BCUT2D eigenvalue weighted by Gasteiger charge is -1.92. The van der Waals surface area contributed by atoms with Crippen LogP contribution in [0.2, 0.25) is 0 Å². The van der Waals surface area contributed by atoms with Crippen LogP contribution in [0.5, 0.6) is 0 Å². The van der Waals surface area contributed by atoms with E-state index < -0.39 is 0 Å². The Bertz CT molecular complexity index is 72.8. The maximum absolute atomic E-state index is 10.2. The second kappa shape index (κ2) is 5.12. The topological polar surface area (TPSA) is 26.3 Å². The van der Waals surface area contributed by atoms with Gasteiger partial charge in [0.05, 0.1) is 18.6 Å². The summed E-state index contributed by atoms with van der Waals surface area (Å²) in [6.07, 6.45) is 0.959. The zero-order chi connectivity index (χ0) is 6.41. The maximum atomic E-state index is 10.2. The molecule has 0 aliphatic carbocycles. The van der Waals surface area contributed by atoms with Crippen LogP contribution in [0.25, 0.3) is 0 Å². The molecule has 0 bridgehead atoms. The molecule has 0 aromatic carbocycles. The summed E-state index contributed by atoms with van der Waals surface area (Å²) in [5.74, 6) is 0. The van der Waals surface area contributed by atoms with Gasteiger partial charge >= 0.3 is 0 Å². The molecule has 0 fully saturated rings. The molecule has 0 aliphatic heterocycles. The molecule has 0 aliphatic rings. The van der Waals surface area contributed by atoms with E-state index in [4.69, 9.17) is 4.18 Å². The molecule has 0 rings (SSSR count). The van der Waals surface area contributed by atoms with Gasteiger partial charge < -0.3 is 4.18 Å². The van der Waals surface area contributed by atoms with E-state index in [9.17, 15) is 4.79 Å². The normalized spacial score (nSPS) is 9.25. The van der Waals surface area contributed by atoms with E-state index in [0.29, 0.717) is 6.61 Å². The predicted molar refractivity (Wildman–Crippen MR) is 34.5 cm³/mol. The summed E-state index contributed by atoms with van der Waals surface area (Å²) in [5, 5.41) is 0.0125. The lowest BCUT2D eigenvalue weighted by atomic mass is 10.5. The summed E-state index contributed by atoms with van der Waals surface area (Å²) in [4.78, 5) is 10.2. The first-order valence-corrected chi connectivity index (χ1v) is 3.31. The number of rotatable bonds is 3. The minimum Gasteiger partial charge on any atom is -0.308 e. The molecule has 8 heavy (non-hydrogen) atoms. The van der Waals surface area contributed by atoms with Gasteiger partial charge in [0.25, 0.3) is 0 Å². The Hall–Kier alpha value is -0.0200. The summed E-state index contributed by atoms with van der Waals surface area (Å²) < 4.78 is 4.81. The standard InChI is InChI=1S/C5H10O2S/c1-3-4-7-8-5(2)6/h3-4H2,1-2H3. The van der Waals surface area contributed by atoms with Gasteiger partial charge in [-0.15, -0.1) is 0 Å². The van der Waals surface area contributed by atoms with Crippen molar-refractivity contribution in [1.29, 1.82) is 0 Å². The van der Waals surface area contributed by atoms with Crippen molar-refractivity contribution >= 4 is 17.2 Å². The molecule has 2 nitrogen and oxygen atoms in total. The van der Waals surface area contributed by atoms with Gasteiger partial charge in [-0.25, -0.2) is 0 Å². The Morgan fingerprint density at radius 1 is 1.75 bits per heavy atom. The van der Waals surface area contributed by atoms with E-state index in [-0.39, 0.29) is 5.12 Å². The Morgan fingerprint density at radius 2 is 2.38 bits per heavy atom. The van der Waals surface area contributed by atoms with Gasteiger partial charge in [0.15, 0.2) is 0 Å². The Labute approximate surface area is 53.8 Å². The molecule has 0 saturated carbocycles. The van der Waals surface area contributed by atoms with Gasteiger partial charge in [-0.2, -0.15) is 0 Å². The number of hydrogen-bond acceptors (Lipinski definition) is 3. The van der Waals surface area contributed by atoms with Crippen LogP contribution in [-0.4, -0.2) is 11.7 Å². The lowest BCUT2D eigenvalue weighted by Crippen LogP contribution is -1.86. The summed E-state index contributed by atoms with van der Waals surface area (Å²) in [7, 11) is 0. The molecule has 48 valence electrons. The SMILES string of the molecule is CCCOSC(C)=O. The van der Waals surface area contributed by atoms with E-state index >= 15 is 0 Å². The van der Waals surface area contributed by atoms with Gasteiger partial charge in [0.1, 0.15) is 0 Å². The average molecular weight is 134 g/mol. The van der Waals surface area contributed by atoms with Gasteiger partial charge in [-0.3, -0.25) is 4.79 Å². The number of carbonyl (C=O) groups excluding carboxylic acids is 1. The zero-order valence-corrected chi connectivity index (χ0v) is 5.96. The van der Waals surface area contributed by atoms with Crippen LogP contribution in [0.4, 0.5) is 0 Å². The van der Waals surface area contributed by atoms with E-state index in [1.807, 2.05) is 6.92 Å². The predicted octanol–water partition coefficient (Wildman–Crippen LogP) is 1.61. The molecule has 0 aromatic heterocycles. The molecule has 0 heterocycles. The van der Waals surface area contributed by atoms with Gasteiger partial charge in [0, 0.05) is 6.92 Å². The first-order chi connectivity index (χ1) is 3.77. The summed E-state index contributed by atoms with van der Waals surface area (Å²) in [6.45, 7) is 4.14. The molecule has 0 spiro atoms. The zero-order valence-electron chi connectivity index (χ0n) is 5.14. The highest BCUT2D eigenvalue weighted by molar-refractivity contribution is 8.09. The molecule has 3 heteroatoms. The van der Waals surface area contributed by atoms with Crippen molar-refractivity contribution in [3.05, 3.63) is 0 Å². The van der Waals surface area contributed by atoms with Gasteiger partial charge in [-0.1, -0.05) is 6.92 Å². The lowest BCUT2D eigenvalue weighted by molar-refractivity contribution is -0.109. The molecule has 0 aromatic rings. The van der Waals surface area contributed by atoms with Crippen molar-refractivity contribution in [3.8, 4) is 0 Å². The third kappa shape index (κ3) is 5.98. The average Bonchev–Trinajstić information content (AvgIpc) is 1.66. The first kappa shape index (κ1) is 7.98. The second-order valence-electron chi connectivity index (χ2n) is 1.40. The summed E-state index contributed by atoms with van der Waals surface area (Å²) >= 11 is 0.917. The van der Waals surface area contributed by atoms with Crippen molar-refractivity contribution < 1.29 is 8.98 Å². The Morgan fingerprint density at radius 3 is 2.75 bits per heavy atom. The second-order valence-corrected chi connectivity index (χ2v) is 2.37. The molecule has 0 N–H and O–H groups in total. The van der Waals surface area contributed by atoms with Crippen LogP contribution in [0, 0.1) is 0 Å². The minimum atomic E-state index is 0.0125. The largest absolute Gasteiger partial charge is 0.308 e. The van der Waals surface area contributed by atoms with Crippen LogP contribution in [0.15, 0.2) is 0 Å². The number of carbonyl (C=O) groups is 1. The molecule has 0 radical (unpaired) electrons. The van der Waals surface area contributed by atoms with Gasteiger partial charge in [0.2, 0.25) is 5.12 Å². The van der Waals surface area contributed by atoms with E-state index in [1.54, 1.807) is 0 Å². The third-order valence-electron chi connectivity index (χ3n) is 0.464. The van der Waals surface area contributed by atoms with Crippen LogP contribution in [0.1, 0.15) is 20.3 Å². The van der Waals surface area contributed by atoms with Crippen molar-refractivity contribution in [2.45, 2.75) is 20.3 Å². The van der Waals surface area contributed by atoms with E-state index in [0.717, 1.165) is 18.5 Å². The highest BCUT2D eigenvalue weighted by Gasteiger charge is 1.90. The molecule has 0 atom stereocenters. The number of hydrogen-bond donors (Lipinski definition) is 0. The molecular formula is C5H10O2S. The maximum Gasteiger partial charge on any atom is 0.212 e. The Kier molecular flexibility index (Phi) is 5.11. The molecule has 0 amide bonds. The van der Waals surface area contributed by atoms with Crippen LogP contribution >= 0.6 is 12.0 Å². The van der Waals surface area contributed by atoms with Crippen LogP contribution in [0.3, 0.4) is 0 Å². The fourth-order valence-electron chi connectivity index (χ4n) is 0.208. The molecule has 0 saturated heterocycles. The minimum absolute atomic E-state index is 0.0125. The van der Waals surface area contributed by atoms with Crippen LogP contribution < -0.4 is 0 Å².